The van der Waals surface area contributed by atoms with Crippen molar-refractivity contribution in [3.8, 4) is 0 Å². The number of halogens is 2. The predicted octanol–water partition coefficient (Wildman–Crippen LogP) is 3.32. The van der Waals surface area contributed by atoms with E-state index in [0.717, 1.165) is 22.6 Å². The number of hydrogen-bond acceptors (Lipinski definition) is 3. The van der Waals surface area contributed by atoms with Crippen LogP contribution in [-0.4, -0.2) is 11.1 Å². The first-order valence-corrected chi connectivity index (χ1v) is 6.76. The number of thiophene rings is 1. The molecule has 2 rings (SSSR count). The lowest BCUT2D eigenvalue weighted by Crippen LogP contribution is -2.13. The first-order chi connectivity index (χ1) is 9.47. The summed E-state index contributed by atoms with van der Waals surface area (Å²) in [6, 6.07) is 5.37. The van der Waals surface area contributed by atoms with Crippen LogP contribution >= 0.6 is 11.3 Å². The van der Waals surface area contributed by atoms with Crippen molar-refractivity contribution >= 4 is 17.3 Å². The molecule has 0 saturated carbocycles. The van der Waals surface area contributed by atoms with Crippen molar-refractivity contribution in [3.05, 3.63) is 56.8 Å². The topological polar surface area (TPSA) is 49.3 Å². The predicted molar refractivity (Wildman–Crippen MR) is 72.9 cm³/mol. The molecule has 106 valence electrons. The quantitative estimate of drug-likeness (QED) is 0.890. The van der Waals surface area contributed by atoms with Gasteiger partial charge in [-0.2, -0.15) is 0 Å². The first kappa shape index (κ1) is 14.6. The fourth-order valence-electron chi connectivity index (χ4n) is 1.79. The summed E-state index contributed by atoms with van der Waals surface area (Å²) in [5.41, 5.74) is 1.53. The van der Waals surface area contributed by atoms with E-state index in [2.05, 4.69) is 5.32 Å². The Morgan fingerprint density at radius 1 is 1.25 bits per heavy atom. The molecule has 0 aliphatic heterocycles. The van der Waals surface area contributed by atoms with Gasteiger partial charge in [-0.05, 0) is 36.2 Å². The molecule has 0 atom stereocenters. The molecule has 0 unspecified atom stereocenters. The maximum atomic E-state index is 13.0. The van der Waals surface area contributed by atoms with E-state index in [1.54, 1.807) is 6.07 Å². The zero-order valence-corrected chi connectivity index (χ0v) is 11.6. The van der Waals surface area contributed by atoms with Gasteiger partial charge >= 0.3 is 5.97 Å². The van der Waals surface area contributed by atoms with E-state index in [4.69, 9.17) is 5.11 Å². The van der Waals surface area contributed by atoms with Gasteiger partial charge in [0.05, 0.1) is 0 Å². The maximum absolute atomic E-state index is 13.0. The molecular weight excluding hydrogens is 284 g/mol. The van der Waals surface area contributed by atoms with Crippen LogP contribution in [0.3, 0.4) is 0 Å². The van der Waals surface area contributed by atoms with Crippen LogP contribution in [0, 0.1) is 18.6 Å². The van der Waals surface area contributed by atoms with Crippen LogP contribution in [-0.2, 0) is 13.1 Å². The summed E-state index contributed by atoms with van der Waals surface area (Å²) in [6.45, 7) is 2.72. The van der Waals surface area contributed by atoms with Crippen LogP contribution in [0.5, 0.6) is 0 Å². The molecule has 0 aliphatic carbocycles. The molecule has 3 nitrogen and oxygen atoms in total. The molecule has 6 heteroatoms. The molecule has 0 amide bonds. The fraction of sp³-hybridized carbons (Fsp3) is 0.214. The number of nitrogens with one attached hydrogen (secondary N) is 1. The van der Waals surface area contributed by atoms with Gasteiger partial charge in [0.15, 0.2) is 11.6 Å². The normalized spacial score (nSPS) is 10.8. The standard InChI is InChI=1S/C14H13F2NO2S/c1-8-10(5-13(20-8)14(18)19)7-17-6-9-2-3-11(15)12(16)4-9/h2-5,17H,6-7H2,1H3,(H,18,19). The van der Waals surface area contributed by atoms with Crippen molar-refractivity contribution in [2.24, 2.45) is 0 Å². The minimum Gasteiger partial charge on any atom is -0.477 e. The monoisotopic (exact) mass is 297 g/mol. The van der Waals surface area contributed by atoms with Crippen LogP contribution in [0.2, 0.25) is 0 Å². The zero-order chi connectivity index (χ0) is 14.7. The van der Waals surface area contributed by atoms with Gasteiger partial charge in [0.25, 0.3) is 0 Å². The van der Waals surface area contributed by atoms with Gasteiger partial charge < -0.3 is 10.4 Å². The lowest BCUT2D eigenvalue weighted by Gasteiger charge is -2.05. The molecule has 2 N–H and O–H groups in total. The highest BCUT2D eigenvalue weighted by Crippen LogP contribution is 2.21. The van der Waals surface area contributed by atoms with Crippen molar-refractivity contribution in [1.82, 2.24) is 5.32 Å². The number of benzene rings is 1. The van der Waals surface area contributed by atoms with Gasteiger partial charge in [-0.1, -0.05) is 6.07 Å². The van der Waals surface area contributed by atoms with Crippen LogP contribution in [0.1, 0.15) is 25.7 Å². The van der Waals surface area contributed by atoms with E-state index in [-0.39, 0.29) is 0 Å². The molecule has 1 aromatic heterocycles. The lowest BCUT2D eigenvalue weighted by molar-refractivity contribution is 0.0702. The fourth-order valence-corrected chi connectivity index (χ4v) is 2.67. The molecule has 0 fully saturated rings. The number of carbonyl (C=O) groups is 1. The second kappa shape index (κ2) is 6.11. The average Bonchev–Trinajstić information content (AvgIpc) is 2.76. The van der Waals surface area contributed by atoms with Gasteiger partial charge in [-0.3, -0.25) is 0 Å². The van der Waals surface area contributed by atoms with E-state index in [1.807, 2.05) is 6.92 Å². The summed E-state index contributed by atoms with van der Waals surface area (Å²) in [4.78, 5) is 12.1. The number of hydrogen-bond donors (Lipinski definition) is 2. The Bertz CT molecular complexity index is 640. The molecule has 0 radical (unpaired) electrons. The van der Waals surface area contributed by atoms with E-state index in [1.165, 1.54) is 17.4 Å². The molecular formula is C14H13F2NO2S. The van der Waals surface area contributed by atoms with Crippen LogP contribution in [0.15, 0.2) is 24.3 Å². The van der Waals surface area contributed by atoms with Gasteiger partial charge in [0, 0.05) is 18.0 Å². The van der Waals surface area contributed by atoms with E-state index in [0.29, 0.717) is 23.5 Å². The molecule has 1 heterocycles. The van der Waals surface area contributed by atoms with Crippen molar-refractivity contribution in [2.75, 3.05) is 0 Å². The van der Waals surface area contributed by atoms with Crippen molar-refractivity contribution in [2.45, 2.75) is 20.0 Å². The molecule has 0 spiro atoms. The Morgan fingerprint density at radius 3 is 2.60 bits per heavy atom. The van der Waals surface area contributed by atoms with Crippen LogP contribution in [0.25, 0.3) is 0 Å². The summed E-state index contributed by atoms with van der Waals surface area (Å²) >= 11 is 1.22. The SMILES string of the molecule is Cc1sc(C(=O)O)cc1CNCc1ccc(F)c(F)c1. The lowest BCUT2D eigenvalue weighted by atomic mass is 10.2. The second-order valence-electron chi connectivity index (χ2n) is 4.35. The largest absolute Gasteiger partial charge is 0.477 e. The second-order valence-corrected chi connectivity index (χ2v) is 5.61. The van der Waals surface area contributed by atoms with Crippen molar-refractivity contribution < 1.29 is 18.7 Å². The summed E-state index contributed by atoms with van der Waals surface area (Å²) in [7, 11) is 0. The highest BCUT2D eigenvalue weighted by Gasteiger charge is 2.10. The maximum Gasteiger partial charge on any atom is 0.345 e. The smallest absolute Gasteiger partial charge is 0.345 e. The van der Waals surface area contributed by atoms with Gasteiger partial charge in [0.2, 0.25) is 0 Å². The molecule has 0 bridgehead atoms. The minimum atomic E-state index is -0.940. The summed E-state index contributed by atoms with van der Waals surface area (Å²) in [6.07, 6.45) is 0. The Labute approximate surface area is 118 Å². The Hall–Kier alpha value is -1.79. The molecule has 1 aromatic carbocycles. The van der Waals surface area contributed by atoms with Gasteiger partial charge in [-0.25, -0.2) is 13.6 Å². The number of aryl methyl sites for hydroxylation is 1. The number of rotatable bonds is 5. The molecule has 20 heavy (non-hydrogen) atoms. The first-order valence-electron chi connectivity index (χ1n) is 5.94. The highest BCUT2D eigenvalue weighted by atomic mass is 32.1. The van der Waals surface area contributed by atoms with Gasteiger partial charge in [-0.15, -0.1) is 11.3 Å². The van der Waals surface area contributed by atoms with Crippen molar-refractivity contribution in [1.29, 1.82) is 0 Å². The molecule has 0 saturated heterocycles. The van der Waals surface area contributed by atoms with Crippen LogP contribution < -0.4 is 5.32 Å². The average molecular weight is 297 g/mol. The number of carboxylic acids is 1. The minimum absolute atomic E-state index is 0.298. The third-order valence-electron chi connectivity index (χ3n) is 2.86. The van der Waals surface area contributed by atoms with E-state index in [9.17, 15) is 13.6 Å². The molecule has 2 aromatic rings. The summed E-state index contributed by atoms with van der Waals surface area (Å²) < 4.78 is 25.8. The van der Waals surface area contributed by atoms with Crippen LogP contribution in [0.4, 0.5) is 8.78 Å². The number of aromatic carboxylic acids is 1. The van der Waals surface area contributed by atoms with Gasteiger partial charge in [0.1, 0.15) is 4.88 Å². The Balaban J connectivity index is 1.95. The third kappa shape index (κ3) is 3.40. The Morgan fingerprint density at radius 2 is 2.00 bits per heavy atom. The summed E-state index contributed by atoms with van der Waals surface area (Å²) in [5.74, 6) is -2.68. The van der Waals surface area contributed by atoms with E-state index >= 15 is 0 Å². The van der Waals surface area contributed by atoms with Crippen molar-refractivity contribution in [3.63, 3.8) is 0 Å². The third-order valence-corrected chi connectivity index (χ3v) is 3.94. The Kier molecular flexibility index (Phi) is 4.46. The zero-order valence-electron chi connectivity index (χ0n) is 10.7. The summed E-state index contributed by atoms with van der Waals surface area (Å²) in [5, 5.41) is 12.0. The van der Waals surface area contributed by atoms with E-state index < -0.39 is 17.6 Å². The highest BCUT2D eigenvalue weighted by molar-refractivity contribution is 7.14. The molecule has 0 aliphatic rings. The number of carboxylic acid groups (broad SMARTS) is 1.